The quantitative estimate of drug-likeness (QED) is 0.360. The zero-order chi connectivity index (χ0) is 16.8. The number of carboxylic acid groups (broad SMARTS) is 2. The molecule has 0 aliphatic rings. The average Bonchev–Trinajstić information content (AvgIpc) is 2.45. The molecule has 1 N–H and O–H groups in total. The summed E-state index contributed by atoms with van der Waals surface area (Å²) in [6.45, 7) is 3.66. The largest absolute Gasteiger partial charge is 0.550 e. The molecule has 0 spiro atoms. The molecule has 0 saturated carbocycles. The van der Waals surface area contributed by atoms with Gasteiger partial charge in [0, 0.05) is 12.4 Å². The van der Waals surface area contributed by atoms with Crippen LogP contribution in [0.1, 0.15) is 64.2 Å². The van der Waals surface area contributed by atoms with Crippen molar-refractivity contribution in [2.45, 2.75) is 70.3 Å². The van der Waals surface area contributed by atoms with E-state index in [0.29, 0.717) is 6.42 Å². The van der Waals surface area contributed by atoms with Gasteiger partial charge in [-0.15, -0.1) is 6.58 Å². The van der Waals surface area contributed by atoms with E-state index in [2.05, 4.69) is 11.9 Å². The van der Waals surface area contributed by atoms with Gasteiger partial charge in [-0.3, -0.25) is 4.79 Å². The summed E-state index contributed by atoms with van der Waals surface area (Å²) >= 11 is 0. The van der Waals surface area contributed by atoms with Gasteiger partial charge in [0.05, 0.1) is 12.0 Å². The Labute approximate surface area is 131 Å². The van der Waals surface area contributed by atoms with Crippen LogP contribution in [0.25, 0.3) is 0 Å². The molecule has 0 aromatic heterocycles. The number of unbranched alkanes of at least 4 members (excludes halogenated alkanes) is 6. The number of hydrogen-bond donors (Lipinski definition) is 1. The molecule has 0 fully saturated rings. The van der Waals surface area contributed by atoms with Gasteiger partial charge < -0.3 is 25.1 Å². The Morgan fingerprint density at radius 1 is 0.955 bits per heavy atom. The topological polar surface area (TPSA) is 109 Å². The molecule has 1 unspecified atom stereocenters. The first kappa shape index (κ1) is 20.1. The summed E-state index contributed by atoms with van der Waals surface area (Å²) < 4.78 is 0. The molecule has 0 rings (SSSR count). The Balaban J connectivity index is 3.74. The summed E-state index contributed by atoms with van der Waals surface area (Å²) in [5.41, 5.74) is 0. The summed E-state index contributed by atoms with van der Waals surface area (Å²) in [5.74, 6) is -3.21. The van der Waals surface area contributed by atoms with Gasteiger partial charge in [-0.2, -0.15) is 0 Å². The minimum Gasteiger partial charge on any atom is -0.550 e. The van der Waals surface area contributed by atoms with Gasteiger partial charge in [-0.1, -0.05) is 31.8 Å². The number of allylic oxidation sites excluding steroid dienone is 1. The fourth-order valence-electron chi connectivity index (χ4n) is 2.06. The minimum atomic E-state index is -1.48. The number of rotatable bonds is 14. The monoisotopic (exact) mass is 311 g/mol. The fraction of sp³-hybridized carbons (Fsp3) is 0.688. The van der Waals surface area contributed by atoms with Crippen LogP contribution in [0.15, 0.2) is 12.7 Å². The van der Waals surface area contributed by atoms with Crippen molar-refractivity contribution < 1.29 is 24.6 Å². The fourth-order valence-corrected chi connectivity index (χ4v) is 2.06. The van der Waals surface area contributed by atoms with Crippen molar-refractivity contribution in [2.75, 3.05) is 0 Å². The molecule has 22 heavy (non-hydrogen) atoms. The molecule has 0 aromatic rings. The van der Waals surface area contributed by atoms with Gasteiger partial charge in [0.15, 0.2) is 0 Å². The zero-order valence-electron chi connectivity index (χ0n) is 13.0. The first-order valence-electron chi connectivity index (χ1n) is 7.78. The van der Waals surface area contributed by atoms with Crippen molar-refractivity contribution in [1.82, 2.24) is 5.32 Å². The number of amides is 1. The van der Waals surface area contributed by atoms with E-state index < -0.39 is 24.4 Å². The van der Waals surface area contributed by atoms with Crippen LogP contribution in [0, 0.1) is 0 Å². The number of carbonyl (C=O) groups excluding carboxylic acids is 3. The van der Waals surface area contributed by atoms with Gasteiger partial charge in [-0.25, -0.2) is 0 Å². The van der Waals surface area contributed by atoms with Crippen molar-refractivity contribution in [3.05, 3.63) is 12.7 Å². The Morgan fingerprint density at radius 3 is 2.09 bits per heavy atom. The van der Waals surface area contributed by atoms with Crippen LogP contribution in [-0.4, -0.2) is 23.9 Å². The minimum absolute atomic E-state index is 0.223. The van der Waals surface area contributed by atoms with E-state index in [4.69, 9.17) is 0 Å². The first-order chi connectivity index (χ1) is 10.5. The predicted octanol–water partition coefficient (Wildman–Crippen LogP) is 0.0580. The summed E-state index contributed by atoms with van der Waals surface area (Å²) in [5, 5.41) is 23.4. The van der Waals surface area contributed by atoms with Crippen molar-refractivity contribution in [3.8, 4) is 0 Å². The lowest BCUT2D eigenvalue weighted by atomic mass is 10.1. The Kier molecular flexibility index (Phi) is 11.8. The lowest BCUT2D eigenvalue weighted by Gasteiger charge is -2.19. The highest BCUT2D eigenvalue weighted by atomic mass is 16.4. The van der Waals surface area contributed by atoms with E-state index in [1.54, 1.807) is 0 Å². The smallest absolute Gasteiger partial charge is 0.220 e. The molecule has 0 aromatic carbocycles. The Morgan fingerprint density at radius 2 is 1.55 bits per heavy atom. The average molecular weight is 311 g/mol. The summed E-state index contributed by atoms with van der Waals surface area (Å²) in [4.78, 5) is 32.7. The molecule has 6 heteroatoms. The molecule has 6 nitrogen and oxygen atoms in total. The van der Waals surface area contributed by atoms with Crippen LogP contribution in [0.4, 0.5) is 0 Å². The van der Waals surface area contributed by atoms with Gasteiger partial charge >= 0.3 is 0 Å². The molecule has 0 bridgehead atoms. The summed E-state index contributed by atoms with van der Waals surface area (Å²) in [7, 11) is 0. The van der Waals surface area contributed by atoms with Crippen LogP contribution in [-0.2, 0) is 14.4 Å². The van der Waals surface area contributed by atoms with Crippen LogP contribution < -0.4 is 15.5 Å². The third-order valence-electron chi connectivity index (χ3n) is 3.32. The maximum atomic E-state index is 11.6. The number of carboxylic acids is 2. The molecular formula is C16H25NO5-2. The molecule has 0 radical (unpaired) electrons. The highest BCUT2D eigenvalue weighted by Gasteiger charge is 2.13. The van der Waals surface area contributed by atoms with Crippen LogP contribution in [0.3, 0.4) is 0 Å². The SMILES string of the molecule is C=CCCCCCCCCC(=O)NC(CCC(=O)[O-])C(=O)[O-]. The second kappa shape index (κ2) is 12.9. The van der Waals surface area contributed by atoms with E-state index in [1.807, 2.05) is 6.08 Å². The van der Waals surface area contributed by atoms with E-state index in [0.717, 1.165) is 38.5 Å². The molecule has 0 saturated heterocycles. The first-order valence-corrected chi connectivity index (χ1v) is 7.78. The number of hydrogen-bond acceptors (Lipinski definition) is 5. The van der Waals surface area contributed by atoms with Crippen LogP contribution in [0.2, 0.25) is 0 Å². The van der Waals surface area contributed by atoms with Crippen molar-refractivity contribution >= 4 is 17.8 Å². The van der Waals surface area contributed by atoms with Crippen molar-refractivity contribution in [2.24, 2.45) is 0 Å². The van der Waals surface area contributed by atoms with Crippen molar-refractivity contribution in [3.63, 3.8) is 0 Å². The number of carbonyl (C=O) groups is 3. The second-order valence-corrected chi connectivity index (χ2v) is 5.30. The molecule has 0 aliphatic carbocycles. The predicted molar refractivity (Wildman–Crippen MR) is 78.3 cm³/mol. The highest BCUT2D eigenvalue weighted by molar-refractivity contribution is 5.82. The molecule has 0 heterocycles. The lowest BCUT2D eigenvalue weighted by molar-refractivity contribution is -0.310. The maximum Gasteiger partial charge on any atom is 0.220 e. The van der Waals surface area contributed by atoms with E-state index in [-0.39, 0.29) is 18.7 Å². The van der Waals surface area contributed by atoms with E-state index in [9.17, 15) is 24.6 Å². The van der Waals surface area contributed by atoms with Gasteiger partial charge in [-0.05, 0) is 32.1 Å². The normalized spacial score (nSPS) is 11.6. The maximum absolute atomic E-state index is 11.6. The Bertz CT molecular complexity index is 368. The van der Waals surface area contributed by atoms with Crippen LogP contribution in [0.5, 0.6) is 0 Å². The van der Waals surface area contributed by atoms with Gasteiger partial charge in [0.1, 0.15) is 0 Å². The Hall–Kier alpha value is -1.85. The highest BCUT2D eigenvalue weighted by Crippen LogP contribution is 2.09. The second-order valence-electron chi connectivity index (χ2n) is 5.30. The molecule has 1 amide bonds. The third kappa shape index (κ3) is 11.9. The summed E-state index contributed by atoms with van der Waals surface area (Å²) in [6.07, 6.45) is 8.55. The molecule has 126 valence electrons. The zero-order valence-corrected chi connectivity index (χ0v) is 13.0. The third-order valence-corrected chi connectivity index (χ3v) is 3.32. The van der Waals surface area contributed by atoms with Crippen molar-refractivity contribution in [1.29, 1.82) is 0 Å². The molecule has 0 aliphatic heterocycles. The molecular weight excluding hydrogens is 286 g/mol. The number of aliphatic carboxylic acids is 2. The lowest BCUT2D eigenvalue weighted by Crippen LogP contribution is -2.48. The summed E-state index contributed by atoms with van der Waals surface area (Å²) in [6, 6.07) is -1.27. The van der Waals surface area contributed by atoms with E-state index in [1.165, 1.54) is 0 Å². The van der Waals surface area contributed by atoms with Gasteiger partial charge in [0.2, 0.25) is 5.91 Å². The standard InChI is InChI=1S/C16H27NO5/c1-2-3-4-5-6-7-8-9-10-14(18)17-13(16(21)22)11-12-15(19)20/h2,13H,1,3-12H2,(H,17,18)(H,19,20)(H,21,22)/p-2. The number of nitrogens with one attached hydrogen (secondary N) is 1. The molecule has 1 atom stereocenters. The van der Waals surface area contributed by atoms with Crippen LogP contribution >= 0.6 is 0 Å². The van der Waals surface area contributed by atoms with Gasteiger partial charge in [0.25, 0.3) is 0 Å². The van der Waals surface area contributed by atoms with E-state index >= 15 is 0 Å².